The maximum absolute atomic E-state index is 10.9. The highest BCUT2D eigenvalue weighted by molar-refractivity contribution is 8.02. The third-order valence-electron chi connectivity index (χ3n) is 1.30. The summed E-state index contributed by atoms with van der Waals surface area (Å²) in [5.74, 6) is 0.673. The number of carbonyl (C=O) groups is 1. The van der Waals surface area contributed by atoms with Crippen LogP contribution < -0.4 is 0 Å². The van der Waals surface area contributed by atoms with Crippen LogP contribution in [0.1, 0.15) is 26.2 Å². The van der Waals surface area contributed by atoms with Gasteiger partial charge < -0.3 is 4.74 Å². The lowest BCUT2D eigenvalue weighted by molar-refractivity contribution is -0.143. The number of rotatable bonds is 7. The van der Waals surface area contributed by atoms with E-state index < -0.39 is 0 Å². The molecule has 0 radical (unpaired) electrons. The van der Waals surface area contributed by atoms with Crippen LogP contribution in [0.15, 0.2) is 12.0 Å². The van der Waals surface area contributed by atoms with Crippen LogP contribution in [0.25, 0.3) is 0 Å². The maximum Gasteiger partial charge on any atom is 0.306 e. The molecule has 0 aromatic heterocycles. The molecule has 0 aliphatic rings. The molecule has 0 heterocycles. The van der Waals surface area contributed by atoms with E-state index in [1.165, 1.54) is 11.8 Å². The van der Waals surface area contributed by atoms with E-state index in [4.69, 9.17) is 4.74 Å². The molecule has 70 valence electrons. The first-order valence-corrected chi connectivity index (χ1v) is 5.24. The molecular weight excluding hydrogens is 172 g/mol. The summed E-state index contributed by atoms with van der Waals surface area (Å²) in [4.78, 5) is 10.9. The Balaban J connectivity index is 3.15. The van der Waals surface area contributed by atoms with Crippen molar-refractivity contribution in [3.05, 3.63) is 12.0 Å². The standard InChI is InChI=1S/C9H16O2S/c1-3-5-7-11-9(10)6-8-12-4-2/h4H,2-3,5-8H2,1H3. The fourth-order valence-corrected chi connectivity index (χ4v) is 1.08. The maximum atomic E-state index is 10.9. The van der Waals surface area contributed by atoms with Crippen LogP contribution in [0.2, 0.25) is 0 Å². The molecule has 0 unspecified atom stereocenters. The van der Waals surface area contributed by atoms with Crippen molar-refractivity contribution in [2.24, 2.45) is 0 Å². The zero-order valence-corrected chi connectivity index (χ0v) is 8.36. The predicted molar refractivity (Wildman–Crippen MR) is 53.1 cm³/mol. The van der Waals surface area contributed by atoms with Gasteiger partial charge >= 0.3 is 5.97 Å². The molecule has 0 saturated heterocycles. The highest BCUT2D eigenvalue weighted by Crippen LogP contribution is 2.03. The van der Waals surface area contributed by atoms with Gasteiger partial charge in [0.05, 0.1) is 13.0 Å². The Labute approximate surface area is 78.4 Å². The SMILES string of the molecule is C=CSCCC(=O)OCCCC. The number of ether oxygens (including phenoxy) is 1. The van der Waals surface area contributed by atoms with Crippen LogP contribution in [-0.2, 0) is 9.53 Å². The van der Waals surface area contributed by atoms with Gasteiger partial charge in [-0.2, -0.15) is 0 Å². The molecule has 0 fully saturated rings. The second kappa shape index (κ2) is 8.65. The third kappa shape index (κ3) is 7.66. The van der Waals surface area contributed by atoms with Gasteiger partial charge in [-0.05, 0) is 11.8 Å². The molecule has 0 atom stereocenters. The molecule has 0 saturated carbocycles. The summed E-state index contributed by atoms with van der Waals surface area (Å²) in [6.45, 7) is 6.18. The molecule has 0 N–H and O–H groups in total. The Morgan fingerprint density at radius 1 is 1.67 bits per heavy atom. The van der Waals surface area contributed by atoms with Gasteiger partial charge in [-0.3, -0.25) is 4.79 Å². The summed E-state index contributed by atoms with van der Waals surface area (Å²) >= 11 is 1.54. The molecule has 0 aliphatic carbocycles. The van der Waals surface area contributed by atoms with Gasteiger partial charge in [-0.1, -0.05) is 19.9 Å². The molecule has 12 heavy (non-hydrogen) atoms. The minimum Gasteiger partial charge on any atom is -0.466 e. The molecule has 3 heteroatoms. The number of hydrogen-bond donors (Lipinski definition) is 0. The normalized spacial score (nSPS) is 9.42. The first-order chi connectivity index (χ1) is 5.81. The molecule has 0 bridgehead atoms. The first kappa shape index (κ1) is 11.6. The molecule has 0 rings (SSSR count). The van der Waals surface area contributed by atoms with Crippen molar-refractivity contribution in [1.82, 2.24) is 0 Å². The van der Waals surface area contributed by atoms with Crippen LogP contribution >= 0.6 is 11.8 Å². The van der Waals surface area contributed by atoms with Gasteiger partial charge in [-0.15, -0.1) is 11.8 Å². The van der Waals surface area contributed by atoms with Crippen LogP contribution in [0.5, 0.6) is 0 Å². The van der Waals surface area contributed by atoms with E-state index in [0.29, 0.717) is 13.0 Å². The molecule has 0 spiro atoms. The molecule has 0 aliphatic heterocycles. The van der Waals surface area contributed by atoms with Crippen LogP contribution in [-0.4, -0.2) is 18.3 Å². The summed E-state index contributed by atoms with van der Waals surface area (Å²) in [6, 6.07) is 0. The quantitative estimate of drug-likeness (QED) is 0.454. The van der Waals surface area contributed by atoms with Crippen molar-refractivity contribution in [3.8, 4) is 0 Å². The molecule has 0 aromatic carbocycles. The lowest BCUT2D eigenvalue weighted by atomic mass is 10.4. The first-order valence-electron chi connectivity index (χ1n) is 4.19. The van der Waals surface area contributed by atoms with Crippen LogP contribution in [0.4, 0.5) is 0 Å². The Kier molecular flexibility index (Phi) is 8.34. The van der Waals surface area contributed by atoms with Crippen LogP contribution in [0, 0.1) is 0 Å². The van der Waals surface area contributed by atoms with Crippen molar-refractivity contribution >= 4 is 17.7 Å². The fourth-order valence-electron chi connectivity index (χ4n) is 0.628. The number of thioether (sulfide) groups is 1. The Morgan fingerprint density at radius 3 is 3.00 bits per heavy atom. The van der Waals surface area contributed by atoms with Gasteiger partial charge in [0.2, 0.25) is 0 Å². The Morgan fingerprint density at radius 2 is 2.42 bits per heavy atom. The van der Waals surface area contributed by atoms with Crippen molar-refractivity contribution in [2.75, 3.05) is 12.4 Å². The lowest BCUT2D eigenvalue weighted by Gasteiger charge is -2.01. The van der Waals surface area contributed by atoms with Gasteiger partial charge in [0.25, 0.3) is 0 Å². The predicted octanol–water partition coefficient (Wildman–Crippen LogP) is 2.60. The van der Waals surface area contributed by atoms with Gasteiger partial charge in [0.1, 0.15) is 0 Å². The van der Waals surface area contributed by atoms with E-state index in [2.05, 4.69) is 13.5 Å². The van der Waals surface area contributed by atoms with Crippen molar-refractivity contribution in [2.45, 2.75) is 26.2 Å². The average molecular weight is 188 g/mol. The van der Waals surface area contributed by atoms with E-state index >= 15 is 0 Å². The summed E-state index contributed by atoms with van der Waals surface area (Å²) in [6.07, 6.45) is 2.51. The van der Waals surface area contributed by atoms with Gasteiger partial charge in [0.15, 0.2) is 0 Å². The summed E-state index contributed by atoms with van der Waals surface area (Å²) in [5.41, 5.74) is 0. The Hall–Kier alpha value is -0.440. The van der Waals surface area contributed by atoms with Crippen molar-refractivity contribution in [1.29, 1.82) is 0 Å². The van der Waals surface area contributed by atoms with E-state index in [1.807, 2.05) is 0 Å². The number of hydrogen-bond acceptors (Lipinski definition) is 3. The fraction of sp³-hybridized carbons (Fsp3) is 0.667. The number of carbonyl (C=O) groups excluding carboxylic acids is 1. The van der Waals surface area contributed by atoms with Gasteiger partial charge in [-0.25, -0.2) is 0 Å². The van der Waals surface area contributed by atoms with Gasteiger partial charge in [0, 0.05) is 5.75 Å². The highest BCUT2D eigenvalue weighted by atomic mass is 32.2. The Bertz CT molecular complexity index is 134. The number of esters is 1. The topological polar surface area (TPSA) is 26.3 Å². The largest absolute Gasteiger partial charge is 0.466 e. The minimum atomic E-state index is -0.0993. The highest BCUT2D eigenvalue weighted by Gasteiger charge is 2.00. The zero-order valence-electron chi connectivity index (χ0n) is 7.54. The molecule has 2 nitrogen and oxygen atoms in total. The smallest absolute Gasteiger partial charge is 0.306 e. The summed E-state index contributed by atoms with van der Waals surface area (Å²) in [7, 11) is 0. The molecule has 0 aromatic rings. The molecule has 0 amide bonds. The summed E-state index contributed by atoms with van der Waals surface area (Å²) < 4.78 is 4.94. The van der Waals surface area contributed by atoms with E-state index in [-0.39, 0.29) is 5.97 Å². The zero-order chi connectivity index (χ0) is 9.23. The number of unbranched alkanes of at least 4 members (excludes halogenated alkanes) is 1. The van der Waals surface area contributed by atoms with E-state index in [9.17, 15) is 4.79 Å². The molecular formula is C9H16O2S. The minimum absolute atomic E-state index is 0.0993. The third-order valence-corrected chi connectivity index (χ3v) is 1.98. The van der Waals surface area contributed by atoms with Crippen LogP contribution in [0.3, 0.4) is 0 Å². The second-order valence-electron chi connectivity index (χ2n) is 2.36. The summed E-state index contributed by atoms with van der Waals surface area (Å²) in [5, 5.41) is 1.74. The van der Waals surface area contributed by atoms with E-state index in [1.54, 1.807) is 5.41 Å². The van der Waals surface area contributed by atoms with E-state index in [0.717, 1.165) is 18.6 Å². The second-order valence-corrected chi connectivity index (χ2v) is 3.44. The monoisotopic (exact) mass is 188 g/mol. The average Bonchev–Trinajstić information content (AvgIpc) is 2.06. The van der Waals surface area contributed by atoms with Crippen molar-refractivity contribution in [3.63, 3.8) is 0 Å². The lowest BCUT2D eigenvalue weighted by Crippen LogP contribution is -2.06. The van der Waals surface area contributed by atoms with Crippen molar-refractivity contribution < 1.29 is 9.53 Å².